The quantitative estimate of drug-likeness (QED) is 0.419. The van der Waals surface area contributed by atoms with E-state index < -0.39 is 0 Å². The highest BCUT2D eigenvalue weighted by atomic mass is 127. The number of nitrogens with zero attached hydrogens (tertiary/aromatic N) is 1. The summed E-state index contributed by atoms with van der Waals surface area (Å²) in [7, 11) is 0. The number of guanidine groups is 1. The lowest BCUT2D eigenvalue weighted by atomic mass is 9.85. The SMILES string of the molecule is CC(CN=C(N)NCC1CCC1)Oc1ccc(Cl)cc1.I. The van der Waals surface area contributed by atoms with Crippen LogP contribution in [0, 0.1) is 5.92 Å². The van der Waals surface area contributed by atoms with Crippen molar-refractivity contribution in [3.05, 3.63) is 29.3 Å². The standard InChI is InChI=1S/C15H22ClN3O.HI/c1-11(20-14-7-5-13(16)6-8-14)9-18-15(17)19-10-12-3-2-4-12;/h5-8,11-12H,2-4,9-10H2,1H3,(H3,17,18,19);1H. The fourth-order valence-corrected chi connectivity index (χ4v) is 2.14. The molecule has 21 heavy (non-hydrogen) atoms. The second-order valence-electron chi connectivity index (χ2n) is 5.29. The smallest absolute Gasteiger partial charge is 0.188 e. The molecule has 1 saturated carbocycles. The lowest BCUT2D eigenvalue weighted by Crippen LogP contribution is -2.37. The Balaban J connectivity index is 0.00000220. The van der Waals surface area contributed by atoms with Crippen LogP contribution in [0.4, 0.5) is 0 Å². The largest absolute Gasteiger partial charge is 0.489 e. The Morgan fingerprint density at radius 3 is 2.67 bits per heavy atom. The van der Waals surface area contributed by atoms with Crippen LogP contribution < -0.4 is 15.8 Å². The van der Waals surface area contributed by atoms with Crippen LogP contribution in [0.25, 0.3) is 0 Å². The molecule has 1 aliphatic carbocycles. The van der Waals surface area contributed by atoms with E-state index in [1.807, 2.05) is 19.1 Å². The molecule has 0 aliphatic heterocycles. The molecule has 0 amide bonds. The van der Waals surface area contributed by atoms with Crippen molar-refractivity contribution in [1.29, 1.82) is 0 Å². The maximum Gasteiger partial charge on any atom is 0.188 e. The maximum atomic E-state index is 5.83. The summed E-state index contributed by atoms with van der Waals surface area (Å²) in [5.74, 6) is 2.06. The number of rotatable bonds is 6. The Morgan fingerprint density at radius 1 is 1.43 bits per heavy atom. The van der Waals surface area contributed by atoms with E-state index in [1.165, 1.54) is 19.3 Å². The van der Waals surface area contributed by atoms with Crippen molar-refractivity contribution in [2.45, 2.75) is 32.3 Å². The normalized spacial score (nSPS) is 16.6. The van der Waals surface area contributed by atoms with Gasteiger partial charge >= 0.3 is 0 Å². The fraction of sp³-hybridized carbons (Fsp3) is 0.533. The van der Waals surface area contributed by atoms with E-state index in [2.05, 4.69) is 10.3 Å². The fourth-order valence-electron chi connectivity index (χ4n) is 2.01. The first-order chi connectivity index (χ1) is 9.63. The Labute approximate surface area is 148 Å². The van der Waals surface area contributed by atoms with E-state index in [4.69, 9.17) is 22.1 Å². The summed E-state index contributed by atoms with van der Waals surface area (Å²) < 4.78 is 5.73. The van der Waals surface area contributed by atoms with Crippen LogP contribution in [0.2, 0.25) is 5.02 Å². The van der Waals surface area contributed by atoms with Gasteiger partial charge in [0.05, 0.1) is 6.54 Å². The summed E-state index contributed by atoms with van der Waals surface area (Å²) in [6.07, 6.45) is 3.92. The zero-order valence-electron chi connectivity index (χ0n) is 12.2. The van der Waals surface area contributed by atoms with Gasteiger partial charge in [0, 0.05) is 11.6 Å². The first-order valence-corrected chi connectivity index (χ1v) is 7.47. The van der Waals surface area contributed by atoms with Gasteiger partial charge in [-0.1, -0.05) is 18.0 Å². The minimum absolute atomic E-state index is 0. The highest BCUT2D eigenvalue weighted by Gasteiger charge is 2.16. The summed E-state index contributed by atoms with van der Waals surface area (Å²) in [6.45, 7) is 3.44. The van der Waals surface area contributed by atoms with Crippen molar-refractivity contribution < 1.29 is 4.74 Å². The highest BCUT2D eigenvalue weighted by Crippen LogP contribution is 2.25. The summed E-state index contributed by atoms with van der Waals surface area (Å²) in [4.78, 5) is 4.30. The summed E-state index contributed by atoms with van der Waals surface area (Å²) >= 11 is 5.83. The van der Waals surface area contributed by atoms with Gasteiger partial charge in [-0.15, -0.1) is 24.0 Å². The highest BCUT2D eigenvalue weighted by molar-refractivity contribution is 14.0. The Hall–Kier alpha value is -0.690. The molecule has 4 nitrogen and oxygen atoms in total. The predicted octanol–water partition coefficient (Wildman–Crippen LogP) is 3.43. The number of aliphatic imine (C=N–C) groups is 1. The lowest BCUT2D eigenvalue weighted by Gasteiger charge is -2.25. The van der Waals surface area contributed by atoms with Crippen molar-refractivity contribution in [2.75, 3.05) is 13.1 Å². The van der Waals surface area contributed by atoms with Crippen molar-refractivity contribution >= 4 is 41.5 Å². The molecule has 0 aromatic heterocycles. The molecule has 2 rings (SSSR count). The molecule has 118 valence electrons. The number of hydrogen-bond acceptors (Lipinski definition) is 2. The summed E-state index contributed by atoms with van der Waals surface area (Å²) in [5.41, 5.74) is 5.83. The van der Waals surface area contributed by atoms with Crippen molar-refractivity contribution in [1.82, 2.24) is 5.32 Å². The van der Waals surface area contributed by atoms with E-state index >= 15 is 0 Å². The number of nitrogens with one attached hydrogen (secondary N) is 1. The van der Waals surface area contributed by atoms with Crippen LogP contribution in [0.1, 0.15) is 26.2 Å². The first kappa shape index (κ1) is 18.4. The minimum Gasteiger partial charge on any atom is -0.489 e. The summed E-state index contributed by atoms with van der Waals surface area (Å²) in [5, 5.41) is 3.87. The maximum absolute atomic E-state index is 5.83. The Morgan fingerprint density at radius 2 is 2.10 bits per heavy atom. The van der Waals surface area contributed by atoms with Crippen LogP contribution in [-0.4, -0.2) is 25.2 Å². The number of benzene rings is 1. The van der Waals surface area contributed by atoms with Crippen LogP contribution in [-0.2, 0) is 0 Å². The van der Waals surface area contributed by atoms with Crippen LogP contribution in [0.15, 0.2) is 29.3 Å². The van der Waals surface area contributed by atoms with Crippen LogP contribution in [0.3, 0.4) is 0 Å². The van der Waals surface area contributed by atoms with Crippen molar-refractivity contribution in [2.24, 2.45) is 16.6 Å². The van der Waals surface area contributed by atoms with Crippen molar-refractivity contribution in [3.63, 3.8) is 0 Å². The van der Waals surface area contributed by atoms with Gasteiger partial charge in [0.1, 0.15) is 11.9 Å². The monoisotopic (exact) mass is 423 g/mol. The minimum atomic E-state index is -0.0276. The van der Waals surface area contributed by atoms with Gasteiger partial charge in [0.2, 0.25) is 0 Å². The number of nitrogens with two attached hydrogens (primary N) is 1. The third-order valence-corrected chi connectivity index (χ3v) is 3.72. The average Bonchev–Trinajstić information content (AvgIpc) is 2.37. The van der Waals surface area contributed by atoms with E-state index in [0.717, 1.165) is 18.2 Å². The third-order valence-electron chi connectivity index (χ3n) is 3.47. The molecular weight excluding hydrogens is 401 g/mol. The van der Waals surface area contributed by atoms with E-state index in [0.29, 0.717) is 17.5 Å². The zero-order valence-corrected chi connectivity index (χ0v) is 15.3. The van der Waals surface area contributed by atoms with Crippen molar-refractivity contribution in [3.8, 4) is 5.75 Å². The zero-order chi connectivity index (χ0) is 14.4. The van der Waals surface area contributed by atoms with Crippen LogP contribution >= 0.6 is 35.6 Å². The number of halogens is 2. The van der Waals surface area contributed by atoms with Gasteiger partial charge in [-0.25, -0.2) is 4.99 Å². The number of hydrogen-bond donors (Lipinski definition) is 2. The van der Waals surface area contributed by atoms with E-state index in [-0.39, 0.29) is 30.1 Å². The predicted molar refractivity (Wildman–Crippen MR) is 98.8 cm³/mol. The summed E-state index contributed by atoms with van der Waals surface area (Å²) in [6, 6.07) is 7.31. The molecule has 0 saturated heterocycles. The molecule has 0 bridgehead atoms. The average molecular weight is 424 g/mol. The molecular formula is C15H23ClIN3O. The molecule has 0 radical (unpaired) electrons. The molecule has 1 atom stereocenters. The van der Waals surface area contributed by atoms with Gasteiger partial charge in [-0.05, 0) is 49.9 Å². The number of ether oxygens (including phenoxy) is 1. The van der Waals surface area contributed by atoms with Gasteiger partial charge in [-0.3, -0.25) is 0 Å². The van der Waals surface area contributed by atoms with Crippen LogP contribution in [0.5, 0.6) is 5.75 Å². The second-order valence-corrected chi connectivity index (χ2v) is 5.72. The molecule has 0 heterocycles. The Kier molecular flexibility index (Phi) is 8.18. The molecule has 6 heteroatoms. The third kappa shape index (κ3) is 6.74. The lowest BCUT2D eigenvalue weighted by molar-refractivity contribution is 0.230. The molecule has 3 N–H and O–H groups in total. The molecule has 1 fully saturated rings. The van der Waals surface area contributed by atoms with Gasteiger partial charge in [-0.2, -0.15) is 0 Å². The molecule has 1 aliphatic rings. The van der Waals surface area contributed by atoms with Gasteiger partial charge in [0.25, 0.3) is 0 Å². The second kappa shape index (κ2) is 9.35. The Bertz CT molecular complexity index is 449. The van der Waals surface area contributed by atoms with Gasteiger partial charge in [0.15, 0.2) is 5.96 Å². The molecule has 1 aromatic rings. The first-order valence-electron chi connectivity index (χ1n) is 7.09. The molecule has 1 unspecified atom stereocenters. The molecule has 1 aromatic carbocycles. The van der Waals surface area contributed by atoms with E-state index in [9.17, 15) is 0 Å². The van der Waals surface area contributed by atoms with E-state index in [1.54, 1.807) is 12.1 Å². The topological polar surface area (TPSA) is 59.6 Å². The van der Waals surface area contributed by atoms with Gasteiger partial charge < -0.3 is 15.8 Å². The molecule has 0 spiro atoms.